The maximum atomic E-state index is 12.5. The van der Waals surface area contributed by atoms with Crippen LogP contribution in [0.3, 0.4) is 0 Å². The molecule has 37 heavy (non-hydrogen) atoms. The molecule has 198 valence electrons. The maximum Gasteiger partial charge on any atom is 0.320 e. The van der Waals surface area contributed by atoms with Crippen LogP contribution >= 0.6 is 0 Å². The Balaban J connectivity index is 1.32. The van der Waals surface area contributed by atoms with E-state index >= 15 is 0 Å². The van der Waals surface area contributed by atoms with Crippen LogP contribution in [0.4, 0.5) is 27.8 Å². The number of aromatic nitrogens is 2. The molecule has 13 heteroatoms. The third-order valence-electron chi connectivity index (χ3n) is 7.24. The van der Waals surface area contributed by atoms with Crippen LogP contribution in [0.2, 0.25) is 0 Å². The number of rotatable bonds is 6. The van der Waals surface area contributed by atoms with E-state index in [2.05, 4.69) is 15.2 Å². The van der Waals surface area contributed by atoms with Crippen molar-refractivity contribution in [2.24, 2.45) is 5.73 Å². The van der Waals surface area contributed by atoms with E-state index in [1.807, 2.05) is 41.1 Å². The van der Waals surface area contributed by atoms with Gasteiger partial charge in [-0.1, -0.05) is 0 Å². The van der Waals surface area contributed by atoms with Gasteiger partial charge in [0.25, 0.3) is 5.91 Å². The third-order valence-corrected chi connectivity index (χ3v) is 8.85. The minimum atomic E-state index is -2.95. The van der Waals surface area contributed by atoms with E-state index in [-0.39, 0.29) is 35.1 Å². The number of piperidine rings is 1. The average molecular weight is 529 g/mol. The van der Waals surface area contributed by atoms with Gasteiger partial charge in [0.1, 0.15) is 5.82 Å². The van der Waals surface area contributed by atoms with Gasteiger partial charge in [-0.2, -0.15) is 0 Å². The molecular weight excluding hydrogens is 496 g/mol. The lowest BCUT2D eigenvalue weighted by atomic mass is 10.0. The van der Waals surface area contributed by atoms with Crippen LogP contribution in [0.15, 0.2) is 30.5 Å². The fraction of sp³-hybridized carbons (Fsp3) is 0.500. The number of anilines is 4. The van der Waals surface area contributed by atoms with Gasteiger partial charge in [-0.25, -0.2) is 23.2 Å². The quantitative estimate of drug-likeness (QED) is 0.558. The molecule has 12 nitrogen and oxygen atoms in total. The molecule has 3 aliphatic heterocycles. The van der Waals surface area contributed by atoms with Crippen molar-refractivity contribution >= 4 is 44.8 Å². The van der Waals surface area contributed by atoms with E-state index in [0.29, 0.717) is 31.1 Å². The molecule has 1 aromatic carbocycles. The molecule has 5 rings (SSSR count). The van der Waals surface area contributed by atoms with Crippen LogP contribution in [0, 0.1) is 0 Å². The first-order valence-electron chi connectivity index (χ1n) is 12.5. The number of hydrogen-bond donors (Lipinski definition) is 2. The molecule has 0 aliphatic carbocycles. The van der Waals surface area contributed by atoms with E-state index in [9.17, 15) is 18.0 Å². The molecular formula is C24H32N8O4S. The highest BCUT2D eigenvalue weighted by molar-refractivity contribution is 7.91. The number of carbonyl (C=O) groups excluding carboxylic acids is 2. The Hall–Kier alpha value is -3.61. The molecule has 3 fully saturated rings. The normalized spacial score (nSPS) is 21.9. The number of primary amides is 1. The molecule has 3 aliphatic rings. The molecule has 0 saturated carbocycles. The van der Waals surface area contributed by atoms with Crippen molar-refractivity contribution in [3.05, 3.63) is 36.2 Å². The Morgan fingerprint density at radius 2 is 1.78 bits per heavy atom. The lowest BCUT2D eigenvalue weighted by Crippen LogP contribution is -2.49. The predicted molar refractivity (Wildman–Crippen MR) is 141 cm³/mol. The molecule has 3 saturated heterocycles. The summed E-state index contributed by atoms with van der Waals surface area (Å²) in [5.74, 6) is 0.494. The standard InChI is InChI=1S/C24H32N8O4S/c1-29-9-10-32(24(29)34)19-3-2-8-31(16-19)20-15-26-21(22(25)33)23(28-20)27-17-4-6-18(7-5-17)30-11-13-37(35,36)14-12-30/h4-7,15,19H,2-3,8-14,16H2,1H3,(H2,25,33)(H,27,28). The summed E-state index contributed by atoms with van der Waals surface area (Å²) < 4.78 is 23.4. The summed E-state index contributed by atoms with van der Waals surface area (Å²) in [6, 6.07) is 7.66. The van der Waals surface area contributed by atoms with Crippen LogP contribution in [-0.2, 0) is 9.84 Å². The summed E-state index contributed by atoms with van der Waals surface area (Å²) in [6.07, 6.45) is 3.40. The zero-order valence-corrected chi connectivity index (χ0v) is 21.7. The van der Waals surface area contributed by atoms with E-state index < -0.39 is 15.7 Å². The SMILES string of the molecule is CN1CCN(C2CCCN(c3cnc(C(N)=O)c(Nc4ccc(N5CCS(=O)(=O)CC5)cc4)n3)C2)C1=O. The Morgan fingerprint density at radius 1 is 1.05 bits per heavy atom. The van der Waals surface area contributed by atoms with E-state index in [0.717, 1.165) is 38.2 Å². The first-order chi connectivity index (χ1) is 17.7. The number of amides is 3. The number of hydrogen-bond acceptors (Lipinski definition) is 9. The average Bonchev–Trinajstić information content (AvgIpc) is 3.22. The molecule has 4 heterocycles. The van der Waals surface area contributed by atoms with E-state index in [4.69, 9.17) is 10.7 Å². The summed E-state index contributed by atoms with van der Waals surface area (Å²) in [5, 5.41) is 3.17. The number of nitrogens with two attached hydrogens (primary N) is 1. The van der Waals surface area contributed by atoms with Crippen LogP contribution < -0.4 is 20.9 Å². The molecule has 1 aromatic heterocycles. The van der Waals surface area contributed by atoms with Crippen LogP contribution in [-0.4, -0.2) is 104 Å². The van der Waals surface area contributed by atoms with Crippen molar-refractivity contribution in [3.63, 3.8) is 0 Å². The number of carbonyl (C=O) groups is 2. The summed E-state index contributed by atoms with van der Waals surface area (Å²) >= 11 is 0. The second kappa shape index (κ2) is 10.0. The van der Waals surface area contributed by atoms with Crippen molar-refractivity contribution < 1.29 is 18.0 Å². The fourth-order valence-electron chi connectivity index (χ4n) is 5.09. The number of sulfone groups is 1. The van der Waals surface area contributed by atoms with Crippen LogP contribution in [0.5, 0.6) is 0 Å². The first kappa shape index (κ1) is 25.1. The van der Waals surface area contributed by atoms with Gasteiger partial charge in [-0.05, 0) is 37.1 Å². The number of nitrogens with one attached hydrogen (secondary N) is 1. The highest BCUT2D eigenvalue weighted by Gasteiger charge is 2.34. The molecule has 0 radical (unpaired) electrons. The van der Waals surface area contributed by atoms with Gasteiger partial charge in [0, 0.05) is 57.7 Å². The Kier molecular flexibility index (Phi) is 6.80. The Morgan fingerprint density at radius 3 is 2.43 bits per heavy atom. The van der Waals surface area contributed by atoms with Gasteiger partial charge in [-0.3, -0.25) is 4.79 Å². The van der Waals surface area contributed by atoms with Gasteiger partial charge in [0.05, 0.1) is 23.7 Å². The molecule has 3 amide bonds. The van der Waals surface area contributed by atoms with E-state index in [1.54, 1.807) is 11.1 Å². The molecule has 2 aromatic rings. The fourth-order valence-corrected chi connectivity index (χ4v) is 6.29. The van der Waals surface area contributed by atoms with Gasteiger partial charge in [0.15, 0.2) is 21.3 Å². The smallest absolute Gasteiger partial charge is 0.320 e. The predicted octanol–water partition coefficient (Wildman–Crippen LogP) is 0.890. The number of nitrogens with zero attached hydrogens (tertiary/aromatic N) is 6. The summed E-state index contributed by atoms with van der Waals surface area (Å²) in [5.41, 5.74) is 7.24. The molecule has 1 atom stereocenters. The first-order valence-corrected chi connectivity index (χ1v) is 14.3. The van der Waals surface area contributed by atoms with Gasteiger partial charge < -0.3 is 30.7 Å². The highest BCUT2D eigenvalue weighted by atomic mass is 32.2. The second-order valence-corrected chi connectivity index (χ2v) is 12.0. The zero-order chi connectivity index (χ0) is 26.2. The second-order valence-electron chi connectivity index (χ2n) is 9.74. The molecule has 0 spiro atoms. The van der Waals surface area contributed by atoms with Gasteiger partial charge in [-0.15, -0.1) is 0 Å². The highest BCUT2D eigenvalue weighted by Crippen LogP contribution is 2.27. The monoisotopic (exact) mass is 528 g/mol. The third kappa shape index (κ3) is 5.41. The van der Waals surface area contributed by atoms with Gasteiger partial charge in [0.2, 0.25) is 0 Å². The number of benzene rings is 1. The van der Waals surface area contributed by atoms with Gasteiger partial charge >= 0.3 is 6.03 Å². The van der Waals surface area contributed by atoms with Crippen molar-refractivity contribution in [1.29, 1.82) is 0 Å². The lowest BCUT2D eigenvalue weighted by molar-refractivity contribution is 0.0996. The molecule has 3 N–H and O–H groups in total. The summed E-state index contributed by atoms with van der Waals surface area (Å²) in [6.45, 7) is 3.79. The van der Waals surface area contributed by atoms with Crippen molar-refractivity contribution in [3.8, 4) is 0 Å². The van der Waals surface area contributed by atoms with E-state index in [1.165, 1.54) is 0 Å². The number of urea groups is 1. The summed E-state index contributed by atoms with van der Waals surface area (Å²) in [7, 11) is -1.13. The van der Waals surface area contributed by atoms with Crippen LogP contribution in [0.25, 0.3) is 0 Å². The maximum absolute atomic E-state index is 12.5. The molecule has 1 unspecified atom stereocenters. The minimum absolute atomic E-state index is 0.0407. The van der Waals surface area contributed by atoms with Crippen LogP contribution in [0.1, 0.15) is 23.3 Å². The van der Waals surface area contributed by atoms with Crippen molar-refractivity contribution in [2.45, 2.75) is 18.9 Å². The Labute approximate surface area is 216 Å². The largest absolute Gasteiger partial charge is 0.369 e. The van der Waals surface area contributed by atoms with Crippen molar-refractivity contribution in [2.75, 3.05) is 72.9 Å². The zero-order valence-electron chi connectivity index (χ0n) is 20.8. The number of likely N-dealkylation sites (N-methyl/N-ethyl adjacent to an activating group) is 1. The lowest BCUT2D eigenvalue weighted by Gasteiger charge is -2.37. The Bertz CT molecular complexity index is 1270. The summed E-state index contributed by atoms with van der Waals surface area (Å²) in [4.78, 5) is 41.4. The minimum Gasteiger partial charge on any atom is -0.369 e. The topological polar surface area (TPSA) is 145 Å². The van der Waals surface area contributed by atoms with Crippen molar-refractivity contribution in [1.82, 2.24) is 19.8 Å². The molecule has 0 bridgehead atoms.